The van der Waals surface area contributed by atoms with Crippen LogP contribution in [0.15, 0.2) is 24.3 Å². The van der Waals surface area contributed by atoms with Crippen molar-refractivity contribution in [3.63, 3.8) is 0 Å². The molecule has 19 heavy (non-hydrogen) atoms. The summed E-state index contributed by atoms with van der Waals surface area (Å²) in [6, 6.07) is 0. The highest BCUT2D eigenvalue weighted by Gasteiger charge is 2.52. The minimum Gasteiger partial charge on any atom is -0.294 e. The van der Waals surface area contributed by atoms with Gasteiger partial charge in [0.1, 0.15) is 0 Å². The highest BCUT2D eigenvalue weighted by Crippen LogP contribution is 2.52. The van der Waals surface area contributed by atoms with Gasteiger partial charge in [-0.15, -0.1) is 0 Å². The first-order valence-electron chi connectivity index (χ1n) is 7.47. The zero-order chi connectivity index (χ0) is 13.7. The third kappa shape index (κ3) is 1.76. The van der Waals surface area contributed by atoms with Gasteiger partial charge in [0.2, 0.25) is 0 Å². The molecule has 102 valence electrons. The number of ketones is 2. The molecule has 4 unspecified atom stereocenters. The number of hydrogen-bond donors (Lipinski definition) is 0. The molecule has 0 amide bonds. The van der Waals surface area contributed by atoms with Crippen LogP contribution in [-0.2, 0) is 9.59 Å². The SMILES string of the molecule is C=C1CCC2C(C1=O)C(=O)C(=C)C1C2CCC[C@@H]1C. The number of carbonyl (C=O) groups excluding carboxylic acids is 2. The second-order valence-corrected chi connectivity index (χ2v) is 6.64. The van der Waals surface area contributed by atoms with E-state index in [-0.39, 0.29) is 17.5 Å². The van der Waals surface area contributed by atoms with Crippen molar-refractivity contribution >= 4 is 11.6 Å². The fourth-order valence-electron chi connectivity index (χ4n) is 4.72. The Morgan fingerprint density at radius 2 is 1.74 bits per heavy atom. The van der Waals surface area contributed by atoms with E-state index in [1.165, 1.54) is 12.8 Å². The average Bonchev–Trinajstić information content (AvgIpc) is 2.39. The second-order valence-electron chi connectivity index (χ2n) is 6.64. The van der Waals surface area contributed by atoms with Crippen molar-refractivity contribution in [3.8, 4) is 0 Å². The Kier molecular flexibility index (Phi) is 2.99. The van der Waals surface area contributed by atoms with E-state index in [0.29, 0.717) is 23.3 Å². The van der Waals surface area contributed by atoms with Crippen molar-refractivity contribution < 1.29 is 9.59 Å². The van der Waals surface area contributed by atoms with Gasteiger partial charge in [0, 0.05) is 0 Å². The van der Waals surface area contributed by atoms with Crippen molar-refractivity contribution in [2.45, 2.75) is 39.0 Å². The van der Waals surface area contributed by atoms with Crippen molar-refractivity contribution in [1.29, 1.82) is 0 Å². The number of carbonyl (C=O) groups is 2. The molecule has 0 radical (unpaired) electrons. The predicted molar refractivity (Wildman–Crippen MR) is 74.5 cm³/mol. The van der Waals surface area contributed by atoms with Gasteiger partial charge in [0.25, 0.3) is 0 Å². The summed E-state index contributed by atoms with van der Waals surface area (Å²) < 4.78 is 0. The van der Waals surface area contributed by atoms with Crippen LogP contribution in [0.3, 0.4) is 0 Å². The third-order valence-electron chi connectivity index (χ3n) is 5.66. The van der Waals surface area contributed by atoms with Crippen LogP contribution in [0.1, 0.15) is 39.0 Å². The van der Waals surface area contributed by atoms with Crippen molar-refractivity contribution in [2.75, 3.05) is 0 Å². The van der Waals surface area contributed by atoms with E-state index in [1.54, 1.807) is 0 Å². The van der Waals surface area contributed by atoms with Crippen LogP contribution < -0.4 is 0 Å². The summed E-state index contributed by atoms with van der Waals surface area (Å²) in [5, 5.41) is 0. The lowest BCUT2D eigenvalue weighted by Gasteiger charge is -2.49. The number of rotatable bonds is 0. The molecule has 2 heteroatoms. The molecule has 2 nitrogen and oxygen atoms in total. The van der Waals surface area contributed by atoms with E-state index in [4.69, 9.17) is 0 Å². The summed E-state index contributed by atoms with van der Waals surface area (Å²) in [6.07, 6.45) is 5.30. The first-order valence-corrected chi connectivity index (χ1v) is 7.47. The van der Waals surface area contributed by atoms with Gasteiger partial charge in [0.15, 0.2) is 11.6 Å². The zero-order valence-corrected chi connectivity index (χ0v) is 11.7. The lowest BCUT2D eigenvalue weighted by atomic mass is 9.53. The maximum Gasteiger partial charge on any atom is 0.169 e. The Morgan fingerprint density at radius 1 is 1.00 bits per heavy atom. The Labute approximate surface area is 115 Å². The van der Waals surface area contributed by atoms with Crippen LogP contribution >= 0.6 is 0 Å². The Bertz CT molecular complexity index is 474. The van der Waals surface area contributed by atoms with Crippen molar-refractivity contribution in [1.82, 2.24) is 0 Å². The number of fused-ring (bicyclic) bond motifs is 3. The van der Waals surface area contributed by atoms with E-state index in [2.05, 4.69) is 20.1 Å². The summed E-state index contributed by atoms with van der Waals surface area (Å²) in [4.78, 5) is 24.9. The standard InChI is InChI=1S/C17H22O2/c1-9-5-4-6-12-13-8-7-10(2)16(18)15(13)17(19)11(3)14(9)12/h9,12-15H,2-8H2,1H3/t9-,12?,13?,14?,15?/m0/s1. The fourth-order valence-corrected chi connectivity index (χ4v) is 4.72. The smallest absolute Gasteiger partial charge is 0.169 e. The lowest BCUT2D eigenvalue weighted by Crippen LogP contribution is -2.50. The average molecular weight is 258 g/mol. The molecule has 3 aliphatic carbocycles. The van der Waals surface area contributed by atoms with E-state index >= 15 is 0 Å². The van der Waals surface area contributed by atoms with Gasteiger partial charge < -0.3 is 0 Å². The zero-order valence-electron chi connectivity index (χ0n) is 11.7. The molecule has 0 saturated heterocycles. The molecule has 5 atom stereocenters. The minimum absolute atomic E-state index is 0.000855. The van der Waals surface area contributed by atoms with Gasteiger partial charge in [-0.05, 0) is 54.1 Å². The number of allylic oxidation sites excluding steroid dienone is 2. The molecule has 0 spiro atoms. The summed E-state index contributed by atoms with van der Waals surface area (Å²) >= 11 is 0. The van der Waals surface area contributed by atoms with Gasteiger partial charge in [0.05, 0.1) is 5.92 Å². The maximum absolute atomic E-state index is 12.6. The van der Waals surface area contributed by atoms with Gasteiger partial charge in [-0.1, -0.05) is 32.9 Å². The molecule has 0 N–H and O–H groups in total. The Morgan fingerprint density at radius 3 is 2.47 bits per heavy atom. The van der Waals surface area contributed by atoms with Gasteiger partial charge in [-0.3, -0.25) is 9.59 Å². The molecule has 3 fully saturated rings. The molecular weight excluding hydrogens is 236 g/mol. The van der Waals surface area contributed by atoms with E-state index in [1.807, 2.05) is 0 Å². The molecule has 0 bridgehead atoms. The van der Waals surface area contributed by atoms with E-state index in [9.17, 15) is 9.59 Å². The molecule has 0 aromatic carbocycles. The Balaban J connectivity index is 2.00. The van der Waals surface area contributed by atoms with E-state index in [0.717, 1.165) is 24.8 Å². The first kappa shape index (κ1) is 12.8. The molecular formula is C17H22O2. The van der Waals surface area contributed by atoms with Crippen LogP contribution in [-0.4, -0.2) is 11.6 Å². The van der Waals surface area contributed by atoms with Crippen LogP contribution in [0, 0.1) is 29.6 Å². The van der Waals surface area contributed by atoms with Crippen LogP contribution in [0.25, 0.3) is 0 Å². The van der Waals surface area contributed by atoms with Gasteiger partial charge >= 0.3 is 0 Å². The molecule has 0 aromatic heterocycles. The maximum atomic E-state index is 12.6. The minimum atomic E-state index is -0.444. The fraction of sp³-hybridized carbons (Fsp3) is 0.647. The van der Waals surface area contributed by atoms with Crippen LogP contribution in [0.5, 0.6) is 0 Å². The summed E-state index contributed by atoms with van der Waals surface area (Å²) in [5.74, 6) is 1.18. The van der Waals surface area contributed by atoms with Gasteiger partial charge in [-0.25, -0.2) is 0 Å². The highest BCUT2D eigenvalue weighted by atomic mass is 16.2. The molecule has 3 saturated carbocycles. The molecule has 0 aromatic rings. The molecule has 3 rings (SSSR count). The number of Topliss-reactive ketones (excluding diaryl/α,β-unsaturated/α-hetero) is 2. The van der Waals surface area contributed by atoms with Crippen LogP contribution in [0.2, 0.25) is 0 Å². The second kappa shape index (κ2) is 4.43. The molecule has 0 aliphatic heterocycles. The predicted octanol–water partition coefficient (Wildman–Crippen LogP) is 3.33. The molecule has 0 heterocycles. The van der Waals surface area contributed by atoms with Gasteiger partial charge in [-0.2, -0.15) is 0 Å². The Hall–Kier alpha value is -1.18. The third-order valence-corrected chi connectivity index (χ3v) is 5.66. The topological polar surface area (TPSA) is 34.1 Å². The van der Waals surface area contributed by atoms with Crippen molar-refractivity contribution in [3.05, 3.63) is 24.3 Å². The highest BCUT2D eigenvalue weighted by molar-refractivity contribution is 6.16. The molecule has 3 aliphatic rings. The van der Waals surface area contributed by atoms with Crippen molar-refractivity contribution in [2.24, 2.45) is 29.6 Å². The quantitative estimate of drug-likeness (QED) is 0.493. The first-order chi connectivity index (χ1) is 9.02. The largest absolute Gasteiger partial charge is 0.294 e. The van der Waals surface area contributed by atoms with E-state index < -0.39 is 5.92 Å². The normalized spacial score (nSPS) is 42.9. The lowest BCUT2D eigenvalue weighted by molar-refractivity contribution is -0.138. The summed E-state index contributed by atoms with van der Waals surface area (Å²) in [6.45, 7) is 10.1. The summed E-state index contributed by atoms with van der Waals surface area (Å²) in [7, 11) is 0. The summed E-state index contributed by atoms with van der Waals surface area (Å²) in [5.41, 5.74) is 1.37. The monoisotopic (exact) mass is 258 g/mol. The number of hydrogen-bond acceptors (Lipinski definition) is 2. The van der Waals surface area contributed by atoms with Crippen LogP contribution in [0.4, 0.5) is 0 Å².